The molecule has 10 heteroatoms. The van der Waals surface area contributed by atoms with Crippen LogP contribution in [0.2, 0.25) is 5.02 Å². The third kappa shape index (κ3) is 5.87. The summed E-state index contributed by atoms with van der Waals surface area (Å²) < 4.78 is 24.7. The van der Waals surface area contributed by atoms with Crippen LogP contribution < -0.4 is 19.7 Å². The first-order valence-electron chi connectivity index (χ1n) is 10.7. The maximum atomic E-state index is 13.3. The van der Waals surface area contributed by atoms with Crippen LogP contribution in [0.15, 0.2) is 65.6 Å². The lowest BCUT2D eigenvalue weighted by Crippen LogP contribution is -2.27. The van der Waals surface area contributed by atoms with E-state index in [1.54, 1.807) is 36.4 Å². The molecule has 0 atom stereocenters. The van der Waals surface area contributed by atoms with Crippen LogP contribution in [0.1, 0.15) is 11.1 Å². The molecular formula is C26H20ClFN2O4S2. The standard InChI is InChI=1S/C26H20ClFN2O4S2/c1-15-3-5-17(27)13-20(15)29-24(31)14-34-21-10-4-16(11-22(21)33-2)12-23-25(32)30(26(35)36-23)19-8-6-18(28)7-9-19/h3-13H,14H2,1-2H3,(H,29,31)/b23-12-. The molecular weight excluding hydrogens is 523 g/mol. The Labute approximate surface area is 222 Å². The summed E-state index contributed by atoms with van der Waals surface area (Å²) in [6, 6.07) is 15.9. The van der Waals surface area contributed by atoms with Gasteiger partial charge >= 0.3 is 0 Å². The van der Waals surface area contributed by atoms with E-state index in [1.165, 1.54) is 36.3 Å². The Kier molecular flexibility index (Phi) is 7.93. The molecule has 1 aliphatic rings. The van der Waals surface area contributed by atoms with E-state index in [1.807, 2.05) is 13.0 Å². The quantitative estimate of drug-likeness (QED) is 0.282. The first kappa shape index (κ1) is 25.7. The fourth-order valence-corrected chi connectivity index (χ4v) is 4.85. The van der Waals surface area contributed by atoms with E-state index in [0.717, 1.165) is 17.3 Å². The van der Waals surface area contributed by atoms with E-state index in [0.29, 0.717) is 42.7 Å². The van der Waals surface area contributed by atoms with Gasteiger partial charge in [0.1, 0.15) is 5.82 Å². The number of thiocarbonyl (C=S) groups is 1. The maximum absolute atomic E-state index is 13.3. The van der Waals surface area contributed by atoms with Crippen molar-refractivity contribution >= 4 is 69.2 Å². The van der Waals surface area contributed by atoms with Gasteiger partial charge in [0, 0.05) is 10.7 Å². The van der Waals surface area contributed by atoms with Crippen LogP contribution in [0.4, 0.5) is 15.8 Å². The van der Waals surface area contributed by atoms with Gasteiger partial charge in [-0.15, -0.1) is 0 Å². The molecule has 3 aromatic carbocycles. The smallest absolute Gasteiger partial charge is 0.270 e. The molecule has 0 spiro atoms. The summed E-state index contributed by atoms with van der Waals surface area (Å²) >= 11 is 12.5. The summed E-state index contributed by atoms with van der Waals surface area (Å²) in [6.07, 6.45) is 1.68. The lowest BCUT2D eigenvalue weighted by molar-refractivity contribution is -0.118. The second-order valence-electron chi connectivity index (χ2n) is 7.70. The van der Waals surface area contributed by atoms with Crippen molar-refractivity contribution in [1.82, 2.24) is 0 Å². The number of hydrogen-bond acceptors (Lipinski definition) is 6. The molecule has 0 aromatic heterocycles. The van der Waals surface area contributed by atoms with Gasteiger partial charge < -0.3 is 14.8 Å². The SMILES string of the molecule is COc1cc(/C=C2\SC(=S)N(c3ccc(F)cc3)C2=O)ccc1OCC(=O)Nc1cc(Cl)ccc1C. The van der Waals surface area contributed by atoms with Crippen LogP contribution in [-0.2, 0) is 9.59 Å². The van der Waals surface area contributed by atoms with Gasteiger partial charge in [-0.05, 0) is 72.7 Å². The molecule has 4 rings (SSSR count). The van der Waals surface area contributed by atoms with Crippen molar-refractivity contribution in [3.8, 4) is 11.5 Å². The van der Waals surface area contributed by atoms with Gasteiger partial charge in [0.2, 0.25) is 0 Å². The lowest BCUT2D eigenvalue weighted by atomic mass is 10.1. The molecule has 0 bridgehead atoms. The Morgan fingerprint density at radius 1 is 1.14 bits per heavy atom. The highest BCUT2D eigenvalue weighted by atomic mass is 35.5. The monoisotopic (exact) mass is 542 g/mol. The minimum absolute atomic E-state index is 0.238. The van der Waals surface area contributed by atoms with Crippen molar-refractivity contribution in [3.05, 3.63) is 87.5 Å². The Bertz CT molecular complexity index is 1380. The number of carbonyl (C=O) groups excluding carboxylic acids is 2. The first-order chi connectivity index (χ1) is 17.2. The Morgan fingerprint density at radius 2 is 1.89 bits per heavy atom. The molecule has 1 saturated heterocycles. The topological polar surface area (TPSA) is 67.9 Å². The number of aryl methyl sites for hydroxylation is 1. The highest BCUT2D eigenvalue weighted by Gasteiger charge is 2.33. The number of rotatable bonds is 7. The average molecular weight is 543 g/mol. The third-order valence-electron chi connectivity index (χ3n) is 5.20. The van der Waals surface area contributed by atoms with Crippen molar-refractivity contribution in [2.24, 2.45) is 0 Å². The normalized spacial score (nSPS) is 14.3. The molecule has 184 valence electrons. The highest BCUT2D eigenvalue weighted by Crippen LogP contribution is 2.37. The molecule has 1 aliphatic heterocycles. The van der Waals surface area contributed by atoms with Crippen LogP contribution >= 0.6 is 35.6 Å². The van der Waals surface area contributed by atoms with E-state index in [2.05, 4.69) is 5.32 Å². The summed E-state index contributed by atoms with van der Waals surface area (Å²) in [4.78, 5) is 27.1. The minimum atomic E-state index is -0.397. The number of anilines is 2. The third-order valence-corrected chi connectivity index (χ3v) is 6.73. The molecule has 1 heterocycles. The number of nitrogens with one attached hydrogen (secondary N) is 1. The van der Waals surface area contributed by atoms with E-state index in [9.17, 15) is 14.0 Å². The van der Waals surface area contributed by atoms with Crippen LogP contribution in [-0.4, -0.2) is 29.9 Å². The number of hydrogen-bond donors (Lipinski definition) is 1. The zero-order valence-electron chi connectivity index (χ0n) is 19.2. The molecule has 0 unspecified atom stereocenters. The molecule has 0 saturated carbocycles. The molecule has 1 N–H and O–H groups in total. The van der Waals surface area contributed by atoms with Crippen molar-refractivity contribution in [1.29, 1.82) is 0 Å². The van der Waals surface area contributed by atoms with Gasteiger partial charge in [0.05, 0.1) is 17.7 Å². The molecule has 1 fully saturated rings. The van der Waals surface area contributed by atoms with Crippen molar-refractivity contribution in [2.75, 3.05) is 23.9 Å². The zero-order valence-corrected chi connectivity index (χ0v) is 21.6. The van der Waals surface area contributed by atoms with E-state index < -0.39 is 5.82 Å². The molecule has 0 aliphatic carbocycles. The van der Waals surface area contributed by atoms with Gasteiger partial charge in [-0.2, -0.15) is 0 Å². The maximum Gasteiger partial charge on any atom is 0.270 e. The molecule has 6 nitrogen and oxygen atoms in total. The number of thioether (sulfide) groups is 1. The highest BCUT2D eigenvalue weighted by molar-refractivity contribution is 8.27. The fraction of sp³-hybridized carbons (Fsp3) is 0.115. The van der Waals surface area contributed by atoms with E-state index in [4.69, 9.17) is 33.3 Å². The van der Waals surface area contributed by atoms with Gasteiger partial charge in [0.25, 0.3) is 11.8 Å². The molecule has 3 aromatic rings. The predicted molar refractivity (Wildman–Crippen MR) is 145 cm³/mol. The lowest BCUT2D eigenvalue weighted by Gasteiger charge is -2.14. The first-order valence-corrected chi connectivity index (χ1v) is 12.3. The number of carbonyl (C=O) groups is 2. The number of nitrogens with zero attached hydrogens (tertiary/aromatic N) is 1. The Balaban J connectivity index is 1.45. The zero-order chi connectivity index (χ0) is 25.8. The number of methoxy groups -OCH3 is 1. The fourth-order valence-electron chi connectivity index (χ4n) is 3.38. The largest absolute Gasteiger partial charge is 0.493 e. The predicted octanol–water partition coefficient (Wildman–Crippen LogP) is 6.22. The van der Waals surface area contributed by atoms with Crippen molar-refractivity contribution in [3.63, 3.8) is 0 Å². The second kappa shape index (κ2) is 11.1. The van der Waals surface area contributed by atoms with Crippen LogP contribution in [0.5, 0.6) is 11.5 Å². The Morgan fingerprint density at radius 3 is 2.61 bits per heavy atom. The Hall–Kier alpha value is -3.40. The van der Waals surface area contributed by atoms with Crippen LogP contribution in [0.25, 0.3) is 6.08 Å². The summed E-state index contributed by atoms with van der Waals surface area (Å²) in [6.45, 7) is 1.63. The van der Waals surface area contributed by atoms with Crippen LogP contribution in [0.3, 0.4) is 0 Å². The number of ether oxygens (including phenoxy) is 2. The summed E-state index contributed by atoms with van der Waals surface area (Å²) in [5, 5.41) is 3.29. The average Bonchev–Trinajstić information content (AvgIpc) is 3.13. The summed E-state index contributed by atoms with van der Waals surface area (Å²) in [7, 11) is 1.48. The minimum Gasteiger partial charge on any atom is -0.493 e. The molecule has 2 amide bonds. The van der Waals surface area contributed by atoms with E-state index in [-0.39, 0.29) is 18.4 Å². The van der Waals surface area contributed by atoms with Gasteiger partial charge in [-0.25, -0.2) is 4.39 Å². The van der Waals surface area contributed by atoms with Gasteiger partial charge in [-0.1, -0.05) is 47.7 Å². The summed E-state index contributed by atoms with van der Waals surface area (Å²) in [5.74, 6) is -0.290. The number of benzene rings is 3. The van der Waals surface area contributed by atoms with Crippen LogP contribution in [0, 0.1) is 12.7 Å². The number of halogens is 2. The molecule has 0 radical (unpaired) electrons. The van der Waals surface area contributed by atoms with Crippen molar-refractivity contribution < 1.29 is 23.5 Å². The van der Waals surface area contributed by atoms with E-state index >= 15 is 0 Å². The number of amides is 2. The summed E-state index contributed by atoms with van der Waals surface area (Å²) in [5.41, 5.74) is 2.66. The molecule has 36 heavy (non-hydrogen) atoms. The van der Waals surface area contributed by atoms with Gasteiger partial charge in [0.15, 0.2) is 22.4 Å². The second-order valence-corrected chi connectivity index (χ2v) is 9.81. The van der Waals surface area contributed by atoms with Gasteiger partial charge in [-0.3, -0.25) is 14.5 Å². The van der Waals surface area contributed by atoms with Crippen molar-refractivity contribution in [2.45, 2.75) is 6.92 Å².